The maximum atomic E-state index is 6.03. The summed E-state index contributed by atoms with van der Waals surface area (Å²) in [5.74, 6) is 2.20. The van der Waals surface area contributed by atoms with E-state index in [1.807, 2.05) is 13.8 Å². The number of hydrogen-bond acceptors (Lipinski definition) is 3. The van der Waals surface area contributed by atoms with Crippen LogP contribution in [0.1, 0.15) is 33.1 Å². The lowest BCUT2D eigenvalue weighted by atomic mass is 10.1. The van der Waals surface area contributed by atoms with Gasteiger partial charge in [-0.15, -0.1) is 6.42 Å². The fraction of sp³-hybridized carbons (Fsp3) is 0.875. The minimum Gasteiger partial charge on any atom is -0.342 e. The molecule has 2 aliphatic heterocycles. The maximum Gasteiger partial charge on any atom is 0.165 e. The van der Waals surface area contributed by atoms with Gasteiger partial charge >= 0.3 is 0 Å². The topological polar surface area (TPSA) is 21.7 Å². The van der Waals surface area contributed by atoms with E-state index in [4.69, 9.17) is 15.9 Å². The molecule has 0 aliphatic carbocycles. The van der Waals surface area contributed by atoms with Crippen molar-refractivity contribution in [2.75, 3.05) is 13.1 Å². The van der Waals surface area contributed by atoms with Gasteiger partial charge in [0.25, 0.3) is 0 Å². The van der Waals surface area contributed by atoms with E-state index in [2.05, 4.69) is 30.5 Å². The van der Waals surface area contributed by atoms with E-state index >= 15 is 0 Å². The Morgan fingerprint density at radius 3 is 2.55 bits per heavy atom. The molecule has 2 rings (SSSR count). The zero-order valence-electron chi connectivity index (χ0n) is 13.6. The van der Waals surface area contributed by atoms with Crippen molar-refractivity contribution in [3.8, 4) is 12.3 Å². The first-order valence-corrected chi connectivity index (χ1v) is 11.4. The van der Waals surface area contributed by atoms with Gasteiger partial charge in [0.15, 0.2) is 5.79 Å². The first kappa shape index (κ1) is 16.0. The molecule has 2 heterocycles. The van der Waals surface area contributed by atoms with Crippen LogP contribution in [0.15, 0.2) is 0 Å². The van der Waals surface area contributed by atoms with Gasteiger partial charge < -0.3 is 14.4 Å². The predicted octanol–water partition coefficient (Wildman–Crippen LogP) is 2.87. The third-order valence-corrected chi connectivity index (χ3v) is 7.03. The van der Waals surface area contributed by atoms with Crippen molar-refractivity contribution in [2.45, 2.75) is 76.4 Å². The van der Waals surface area contributed by atoms with Crippen LogP contribution >= 0.6 is 0 Å². The highest BCUT2D eigenvalue weighted by molar-refractivity contribution is 6.77. The van der Waals surface area contributed by atoms with Crippen molar-refractivity contribution in [3.63, 3.8) is 0 Å². The molecule has 0 saturated carbocycles. The van der Waals surface area contributed by atoms with Gasteiger partial charge in [-0.3, -0.25) is 0 Å². The molecule has 2 fully saturated rings. The molecule has 0 aromatic rings. The summed E-state index contributed by atoms with van der Waals surface area (Å²) in [7, 11) is -1.18. The highest BCUT2D eigenvalue weighted by Gasteiger charge is 2.43. The Labute approximate surface area is 125 Å². The lowest BCUT2D eigenvalue weighted by molar-refractivity contribution is -0.144. The predicted molar refractivity (Wildman–Crippen MR) is 85.2 cm³/mol. The van der Waals surface area contributed by atoms with Gasteiger partial charge in [0.2, 0.25) is 0 Å². The van der Waals surface area contributed by atoms with E-state index < -0.39 is 13.9 Å². The molecular formula is C16H29NO2Si. The highest BCUT2D eigenvalue weighted by atomic mass is 28.3. The van der Waals surface area contributed by atoms with Crippen LogP contribution in [0.5, 0.6) is 0 Å². The second-order valence-electron chi connectivity index (χ2n) is 7.63. The SMILES string of the molecule is C#C[C@H]1OC(C)(C)O[C@@H]1CN1CCCCC1[Si](C)(C)C. The second-order valence-corrected chi connectivity index (χ2v) is 13.0. The Morgan fingerprint density at radius 2 is 1.95 bits per heavy atom. The normalized spacial score (nSPS) is 34.9. The lowest BCUT2D eigenvalue weighted by Gasteiger charge is -2.43. The largest absolute Gasteiger partial charge is 0.342 e. The number of rotatable bonds is 3. The summed E-state index contributed by atoms with van der Waals surface area (Å²) < 4.78 is 11.8. The second kappa shape index (κ2) is 5.80. The van der Waals surface area contributed by atoms with Crippen molar-refractivity contribution < 1.29 is 9.47 Å². The molecule has 0 amide bonds. The summed E-state index contributed by atoms with van der Waals surface area (Å²) in [6.45, 7) is 13.4. The molecule has 0 bridgehead atoms. The van der Waals surface area contributed by atoms with Crippen LogP contribution in [0.3, 0.4) is 0 Å². The third-order valence-electron chi connectivity index (χ3n) is 4.38. The summed E-state index contributed by atoms with van der Waals surface area (Å²) >= 11 is 0. The van der Waals surface area contributed by atoms with Gasteiger partial charge in [-0.2, -0.15) is 0 Å². The maximum absolute atomic E-state index is 6.03. The highest BCUT2D eigenvalue weighted by Crippen LogP contribution is 2.31. The van der Waals surface area contributed by atoms with E-state index in [0.29, 0.717) is 0 Å². The lowest BCUT2D eigenvalue weighted by Crippen LogP contribution is -2.56. The van der Waals surface area contributed by atoms with Crippen molar-refractivity contribution in [3.05, 3.63) is 0 Å². The molecule has 0 spiro atoms. The fourth-order valence-electron chi connectivity index (χ4n) is 3.53. The fourth-order valence-corrected chi connectivity index (χ4v) is 5.93. The van der Waals surface area contributed by atoms with Crippen molar-refractivity contribution >= 4 is 8.07 Å². The molecule has 20 heavy (non-hydrogen) atoms. The molecule has 0 aromatic heterocycles. The minimum absolute atomic E-state index is 0.00644. The van der Waals surface area contributed by atoms with Crippen molar-refractivity contribution in [1.29, 1.82) is 0 Å². The first-order chi connectivity index (χ1) is 9.23. The van der Waals surface area contributed by atoms with E-state index in [1.165, 1.54) is 25.8 Å². The summed E-state index contributed by atoms with van der Waals surface area (Å²) in [6, 6.07) is 0. The Morgan fingerprint density at radius 1 is 1.25 bits per heavy atom. The molecule has 1 unspecified atom stereocenters. The smallest absolute Gasteiger partial charge is 0.165 e. The van der Waals surface area contributed by atoms with Crippen molar-refractivity contribution in [2.24, 2.45) is 0 Å². The zero-order valence-corrected chi connectivity index (χ0v) is 14.6. The molecule has 4 heteroatoms. The van der Waals surface area contributed by atoms with E-state index in [-0.39, 0.29) is 12.2 Å². The van der Waals surface area contributed by atoms with Crippen molar-refractivity contribution in [1.82, 2.24) is 4.90 Å². The number of piperidine rings is 1. The summed E-state index contributed by atoms with van der Waals surface area (Å²) in [6.07, 6.45) is 9.37. The molecule has 114 valence electrons. The molecule has 0 radical (unpaired) electrons. The number of terminal acetylenes is 1. The number of ether oxygens (including phenoxy) is 2. The van der Waals surface area contributed by atoms with Crippen LogP contribution in [0, 0.1) is 12.3 Å². The quantitative estimate of drug-likeness (QED) is 0.590. The number of likely N-dealkylation sites (tertiary alicyclic amines) is 1. The third kappa shape index (κ3) is 3.65. The Bertz CT molecular complexity index is 383. The van der Waals surface area contributed by atoms with E-state index in [1.54, 1.807) is 0 Å². The molecule has 2 saturated heterocycles. The van der Waals surface area contributed by atoms with E-state index in [0.717, 1.165) is 12.2 Å². The number of nitrogens with zero attached hydrogens (tertiary/aromatic N) is 1. The standard InChI is InChI=1S/C16H29NO2Si/c1-7-13-14(19-16(2,3)18-13)12-17-11-9-8-10-15(17)20(4,5)6/h1,13-15H,8-12H2,2-6H3/t13-,14-,15?/m1/s1. The molecule has 3 nitrogen and oxygen atoms in total. The van der Waals surface area contributed by atoms with Crippen LogP contribution < -0.4 is 0 Å². The van der Waals surface area contributed by atoms with Gasteiger partial charge in [0.1, 0.15) is 12.2 Å². The average Bonchev–Trinajstić information content (AvgIpc) is 2.63. The molecule has 3 atom stereocenters. The minimum atomic E-state index is -1.18. The van der Waals surface area contributed by atoms with Crippen LogP contribution in [0.4, 0.5) is 0 Å². The van der Waals surface area contributed by atoms with Gasteiger partial charge in [-0.25, -0.2) is 0 Å². The van der Waals surface area contributed by atoms with Gasteiger partial charge in [-0.1, -0.05) is 32.0 Å². The Kier molecular flexibility index (Phi) is 4.65. The van der Waals surface area contributed by atoms with Crippen LogP contribution in [0.2, 0.25) is 19.6 Å². The summed E-state index contributed by atoms with van der Waals surface area (Å²) in [5.41, 5.74) is 0.738. The van der Waals surface area contributed by atoms with Crippen LogP contribution in [-0.4, -0.2) is 49.7 Å². The first-order valence-electron chi connectivity index (χ1n) is 7.79. The molecule has 0 aromatic carbocycles. The summed E-state index contributed by atoms with van der Waals surface area (Å²) in [4.78, 5) is 2.62. The average molecular weight is 295 g/mol. The van der Waals surface area contributed by atoms with Crippen LogP contribution in [0.25, 0.3) is 0 Å². The van der Waals surface area contributed by atoms with Gasteiger partial charge in [0.05, 0.1) is 8.07 Å². The molecule has 0 N–H and O–H groups in total. The van der Waals surface area contributed by atoms with Crippen LogP contribution in [-0.2, 0) is 9.47 Å². The van der Waals surface area contributed by atoms with Gasteiger partial charge in [0, 0.05) is 12.2 Å². The number of hydrogen-bond donors (Lipinski definition) is 0. The summed E-state index contributed by atoms with van der Waals surface area (Å²) in [5, 5.41) is 0. The van der Waals surface area contributed by atoms with E-state index in [9.17, 15) is 0 Å². The molecular weight excluding hydrogens is 266 g/mol. The molecule has 2 aliphatic rings. The Balaban J connectivity index is 2.06. The monoisotopic (exact) mass is 295 g/mol. The Hall–Kier alpha value is -0.343. The van der Waals surface area contributed by atoms with Gasteiger partial charge in [-0.05, 0) is 33.2 Å². The zero-order chi connectivity index (χ0) is 15.0.